The summed E-state index contributed by atoms with van der Waals surface area (Å²) in [6.07, 6.45) is 1.34. The highest BCUT2D eigenvalue weighted by Gasteiger charge is 2.14. The summed E-state index contributed by atoms with van der Waals surface area (Å²) in [6, 6.07) is 10.7. The summed E-state index contributed by atoms with van der Waals surface area (Å²) in [5.74, 6) is -1.39. The van der Waals surface area contributed by atoms with Gasteiger partial charge in [0.2, 0.25) is 0 Å². The third-order valence-corrected chi connectivity index (χ3v) is 4.67. The highest BCUT2D eigenvalue weighted by Crippen LogP contribution is 2.36. The summed E-state index contributed by atoms with van der Waals surface area (Å²) in [7, 11) is 2.94. The van der Waals surface area contributed by atoms with Gasteiger partial charge in [-0.15, -0.1) is 0 Å². The van der Waals surface area contributed by atoms with E-state index in [9.17, 15) is 14.4 Å². The van der Waals surface area contributed by atoms with Crippen LogP contribution in [0.4, 0.5) is 5.69 Å². The Kier molecular flexibility index (Phi) is 10.3. The number of carbonyl (C=O) groups is 3. The molecule has 0 bridgehead atoms. The van der Waals surface area contributed by atoms with E-state index in [2.05, 4.69) is 37.1 Å². The van der Waals surface area contributed by atoms with Gasteiger partial charge in [0.05, 0.1) is 24.4 Å². The second kappa shape index (κ2) is 13.2. The molecule has 0 unspecified atom stereocenters. The lowest BCUT2D eigenvalue weighted by molar-refractivity contribution is -0.139. The minimum absolute atomic E-state index is 0.209. The van der Waals surface area contributed by atoms with Crippen LogP contribution in [0.15, 0.2) is 46.0 Å². The van der Waals surface area contributed by atoms with Crippen LogP contribution >= 0.6 is 15.9 Å². The fraction of sp³-hybridized carbons (Fsp3) is 0.273. The molecule has 176 valence electrons. The fourth-order valence-electron chi connectivity index (χ4n) is 2.58. The quantitative estimate of drug-likeness (QED) is 0.190. The molecule has 33 heavy (non-hydrogen) atoms. The predicted octanol–water partition coefficient (Wildman–Crippen LogP) is 2.00. The molecule has 2 aromatic rings. The van der Waals surface area contributed by atoms with Crippen LogP contribution in [0.5, 0.6) is 11.5 Å². The Labute approximate surface area is 199 Å². The number of rotatable bonds is 10. The van der Waals surface area contributed by atoms with Crippen molar-refractivity contribution in [2.24, 2.45) is 5.10 Å². The molecule has 0 radical (unpaired) electrons. The number of amides is 3. The Bertz CT molecular complexity index is 1030. The van der Waals surface area contributed by atoms with E-state index < -0.39 is 11.8 Å². The van der Waals surface area contributed by atoms with Crippen molar-refractivity contribution in [3.63, 3.8) is 0 Å². The number of ether oxygens (including phenoxy) is 3. The molecule has 0 aliphatic rings. The van der Waals surface area contributed by atoms with E-state index in [4.69, 9.17) is 14.2 Å². The minimum atomic E-state index is -0.909. The maximum absolute atomic E-state index is 12.2. The molecular formula is C22H25BrN4O6. The van der Waals surface area contributed by atoms with E-state index in [1.165, 1.54) is 20.4 Å². The van der Waals surface area contributed by atoms with E-state index in [-0.39, 0.29) is 25.7 Å². The van der Waals surface area contributed by atoms with E-state index >= 15 is 0 Å². The molecule has 0 fully saturated rings. The van der Waals surface area contributed by atoms with Crippen molar-refractivity contribution in [2.75, 3.05) is 39.3 Å². The van der Waals surface area contributed by atoms with Crippen molar-refractivity contribution in [1.29, 1.82) is 0 Å². The Hall–Kier alpha value is -3.44. The number of nitrogens with zero attached hydrogens (tertiary/aromatic N) is 1. The summed E-state index contributed by atoms with van der Waals surface area (Å²) in [6.45, 7) is 2.20. The Morgan fingerprint density at radius 1 is 1.12 bits per heavy atom. The molecule has 0 saturated heterocycles. The minimum Gasteiger partial charge on any atom is -0.493 e. The molecule has 0 spiro atoms. The molecule has 0 saturated carbocycles. The molecule has 0 aromatic heterocycles. The van der Waals surface area contributed by atoms with Gasteiger partial charge in [0.25, 0.3) is 5.91 Å². The number of hydrogen-bond donors (Lipinski definition) is 3. The van der Waals surface area contributed by atoms with Crippen molar-refractivity contribution in [3.8, 4) is 11.5 Å². The fourth-order valence-corrected chi connectivity index (χ4v) is 3.15. The van der Waals surface area contributed by atoms with E-state index in [1.54, 1.807) is 18.2 Å². The van der Waals surface area contributed by atoms with Gasteiger partial charge in [-0.2, -0.15) is 5.10 Å². The van der Waals surface area contributed by atoms with Crippen molar-refractivity contribution in [2.45, 2.75) is 6.92 Å². The molecule has 11 heteroatoms. The van der Waals surface area contributed by atoms with Gasteiger partial charge in [0, 0.05) is 19.3 Å². The largest absolute Gasteiger partial charge is 0.493 e. The van der Waals surface area contributed by atoms with Gasteiger partial charge in [-0.1, -0.05) is 12.1 Å². The molecule has 0 aliphatic heterocycles. The first-order chi connectivity index (χ1) is 15.8. The van der Waals surface area contributed by atoms with Gasteiger partial charge < -0.3 is 24.8 Å². The van der Waals surface area contributed by atoms with E-state index in [1.807, 2.05) is 25.1 Å². The van der Waals surface area contributed by atoms with Crippen molar-refractivity contribution >= 4 is 45.6 Å². The first kappa shape index (κ1) is 25.8. The smallest absolute Gasteiger partial charge is 0.329 e. The number of aryl methyl sites for hydroxylation is 1. The van der Waals surface area contributed by atoms with Crippen LogP contribution in [0.3, 0.4) is 0 Å². The number of methoxy groups -OCH3 is 2. The lowest BCUT2D eigenvalue weighted by Crippen LogP contribution is -2.39. The van der Waals surface area contributed by atoms with Crippen molar-refractivity contribution < 1.29 is 28.6 Å². The lowest BCUT2D eigenvalue weighted by atomic mass is 10.2. The number of nitrogens with one attached hydrogen (secondary N) is 3. The maximum atomic E-state index is 12.2. The van der Waals surface area contributed by atoms with Crippen molar-refractivity contribution in [1.82, 2.24) is 10.7 Å². The number of carbonyl (C=O) groups excluding carboxylic acids is 3. The SMILES string of the molecule is COCCNC(=O)C(=O)N/N=C\c1cc(Br)c(OCC(=O)Nc2cccc(C)c2)c(OC)c1. The van der Waals surface area contributed by atoms with Gasteiger partial charge in [0.15, 0.2) is 18.1 Å². The molecule has 3 N–H and O–H groups in total. The van der Waals surface area contributed by atoms with Gasteiger partial charge in [-0.05, 0) is 58.2 Å². The number of halogens is 1. The third-order valence-electron chi connectivity index (χ3n) is 4.08. The summed E-state index contributed by atoms with van der Waals surface area (Å²) in [5, 5.41) is 8.91. The molecular weight excluding hydrogens is 496 g/mol. The molecule has 3 amide bonds. The Morgan fingerprint density at radius 2 is 1.91 bits per heavy atom. The molecule has 2 aromatic carbocycles. The summed E-state index contributed by atoms with van der Waals surface area (Å²) in [5.41, 5.74) is 4.39. The van der Waals surface area contributed by atoms with Crippen LogP contribution < -0.4 is 25.5 Å². The summed E-state index contributed by atoms with van der Waals surface area (Å²) >= 11 is 3.38. The molecule has 2 rings (SSSR count). The predicted molar refractivity (Wildman–Crippen MR) is 127 cm³/mol. The van der Waals surface area contributed by atoms with E-state index in [0.717, 1.165) is 5.56 Å². The van der Waals surface area contributed by atoms with Crippen molar-refractivity contribution in [3.05, 3.63) is 52.0 Å². The number of anilines is 1. The second-order valence-corrected chi connectivity index (χ2v) is 7.54. The zero-order chi connectivity index (χ0) is 24.2. The monoisotopic (exact) mass is 520 g/mol. The number of benzene rings is 2. The maximum Gasteiger partial charge on any atom is 0.329 e. The number of hydrazone groups is 1. The van der Waals surface area contributed by atoms with Crippen LogP contribution in [-0.4, -0.2) is 57.9 Å². The Balaban J connectivity index is 1.96. The average molecular weight is 521 g/mol. The highest BCUT2D eigenvalue weighted by atomic mass is 79.9. The van der Waals surface area contributed by atoms with Gasteiger partial charge in [-0.25, -0.2) is 5.43 Å². The van der Waals surface area contributed by atoms with Gasteiger partial charge in [0.1, 0.15) is 0 Å². The van der Waals surface area contributed by atoms with Crippen LogP contribution in [0.25, 0.3) is 0 Å². The van der Waals surface area contributed by atoms with Gasteiger partial charge in [-0.3, -0.25) is 14.4 Å². The first-order valence-corrected chi connectivity index (χ1v) is 10.6. The summed E-state index contributed by atoms with van der Waals surface area (Å²) < 4.78 is 16.3. The first-order valence-electron chi connectivity index (χ1n) is 9.81. The van der Waals surface area contributed by atoms with E-state index in [0.29, 0.717) is 27.2 Å². The highest BCUT2D eigenvalue weighted by molar-refractivity contribution is 9.10. The second-order valence-electron chi connectivity index (χ2n) is 6.69. The topological polar surface area (TPSA) is 127 Å². The molecule has 0 aliphatic carbocycles. The molecule has 10 nitrogen and oxygen atoms in total. The molecule has 0 heterocycles. The molecule has 0 atom stereocenters. The average Bonchev–Trinajstić information content (AvgIpc) is 2.78. The third kappa shape index (κ3) is 8.54. The van der Waals surface area contributed by atoms with Crippen LogP contribution in [0, 0.1) is 6.92 Å². The zero-order valence-electron chi connectivity index (χ0n) is 18.4. The number of hydrogen-bond acceptors (Lipinski definition) is 7. The zero-order valence-corrected chi connectivity index (χ0v) is 20.0. The van der Waals surface area contributed by atoms with Gasteiger partial charge >= 0.3 is 11.8 Å². The lowest BCUT2D eigenvalue weighted by Gasteiger charge is -2.13. The summed E-state index contributed by atoms with van der Waals surface area (Å²) in [4.78, 5) is 35.5. The van der Waals surface area contributed by atoms with Crippen LogP contribution in [-0.2, 0) is 19.1 Å². The van der Waals surface area contributed by atoms with Crippen LogP contribution in [0.2, 0.25) is 0 Å². The standard InChI is InChI=1S/C22H25BrN4O6/c1-14-5-4-6-16(9-14)26-19(28)13-33-20-17(23)10-15(11-18(20)32-3)12-25-27-22(30)21(29)24-7-8-31-2/h4-6,9-12H,7-8,13H2,1-3H3,(H,24,29)(H,26,28)(H,27,30)/b25-12-. The van der Waals surface area contributed by atoms with Crippen LogP contribution in [0.1, 0.15) is 11.1 Å². The normalized spacial score (nSPS) is 10.5. The Morgan fingerprint density at radius 3 is 2.61 bits per heavy atom.